The highest BCUT2D eigenvalue weighted by Gasteiger charge is 2.30. The van der Waals surface area contributed by atoms with Crippen LogP contribution >= 0.6 is 0 Å². The third-order valence-electron chi connectivity index (χ3n) is 6.57. The number of nitriles is 1. The maximum absolute atomic E-state index is 14.7. The molecule has 1 aliphatic carbocycles. The minimum absolute atomic E-state index is 0.0919. The molecule has 182 valence electrons. The van der Waals surface area contributed by atoms with Crippen LogP contribution in [0.15, 0.2) is 18.3 Å². The van der Waals surface area contributed by atoms with Gasteiger partial charge in [-0.1, -0.05) is 0 Å². The topological polar surface area (TPSA) is 144 Å². The Bertz CT molecular complexity index is 1280. The molecule has 3 aromatic rings. The molecule has 1 saturated heterocycles. The van der Waals surface area contributed by atoms with E-state index >= 15 is 0 Å². The van der Waals surface area contributed by atoms with Gasteiger partial charge in [-0.25, -0.2) is 18.7 Å². The smallest absolute Gasteiger partial charge is 0.225 e. The van der Waals surface area contributed by atoms with Crippen LogP contribution in [0.3, 0.4) is 0 Å². The van der Waals surface area contributed by atoms with Crippen molar-refractivity contribution in [2.45, 2.75) is 44.2 Å². The van der Waals surface area contributed by atoms with Crippen LogP contribution < -0.4 is 16.4 Å². The number of hydrogen-bond donors (Lipinski definition) is 3. The quantitative estimate of drug-likeness (QED) is 0.486. The average Bonchev–Trinajstić information content (AvgIpc) is 3.48. The lowest BCUT2D eigenvalue weighted by atomic mass is 9.85. The maximum atomic E-state index is 14.7. The van der Waals surface area contributed by atoms with Crippen LogP contribution in [0.2, 0.25) is 0 Å². The van der Waals surface area contributed by atoms with Crippen molar-refractivity contribution in [2.75, 3.05) is 23.8 Å². The van der Waals surface area contributed by atoms with E-state index in [2.05, 4.69) is 25.6 Å². The Morgan fingerprint density at radius 2 is 1.91 bits per heavy atom. The Morgan fingerprint density at radius 3 is 2.54 bits per heavy atom. The highest BCUT2D eigenvalue weighted by Crippen LogP contribution is 2.37. The van der Waals surface area contributed by atoms with Crippen LogP contribution in [-0.2, 0) is 9.53 Å². The molecule has 2 fully saturated rings. The molecule has 4 N–H and O–H groups in total. The Balaban J connectivity index is 1.54. The highest BCUT2D eigenvalue weighted by atomic mass is 19.1. The van der Waals surface area contributed by atoms with E-state index in [0.717, 1.165) is 18.6 Å². The van der Waals surface area contributed by atoms with Gasteiger partial charge in [0.2, 0.25) is 17.8 Å². The summed E-state index contributed by atoms with van der Waals surface area (Å²) in [4.78, 5) is 25.2. The Morgan fingerprint density at radius 1 is 1.17 bits per heavy atom. The van der Waals surface area contributed by atoms with Crippen LogP contribution in [0, 0.1) is 28.9 Å². The number of imidazole rings is 1. The predicted molar refractivity (Wildman–Crippen MR) is 123 cm³/mol. The first-order valence-electron chi connectivity index (χ1n) is 11.5. The van der Waals surface area contributed by atoms with Crippen LogP contribution in [0.4, 0.5) is 26.4 Å². The molecule has 1 saturated carbocycles. The van der Waals surface area contributed by atoms with Gasteiger partial charge in [0.1, 0.15) is 11.2 Å². The normalized spacial score (nSPS) is 22.1. The minimum Gasteiger partial charge on any atom is -0.379 e. The van der Waals surface area contributed by atoms with Crippen LogP contribution in [0.5, 0.6) is 0 Å². The van der Waals surface area contributed by atoms with Crippen LogP contribution in [0.25, 0.3) is 11.2 Å². The largest absolute Gasteiger partial charge is 0.379 e. The molecule has 0 unspecified atom stereocenters. The molecule has 5 rings (SSSR count). The first-order valence-corrected chi connectivity index (χ1v) is 11.5. The number of rotatable bonds is 6. The van der Waals surface area contributed by atoms with Gasteiger partial charge in [-0.05, 0) is 44.2 Å². The molecule has 0 spiro atoms. The molecular formula is C23H24F2N8O2. The SMILES string of the molecule is N#Cc1cc(F)c(Nc2nc3cnc(N[C@@H]4CCOC4)nc3n2[C@H]2CC[C@@H](C(N)=O)CC2)c(F)c1. The van der Waals surface area contributed by atoms with Gasteiger partial charge < -0.3 is 21.1 Å². The van der Waals surface area contributed by atoms with E-state index in [9.17, 15) is 13.6 Å². The fourth-order valence-corrected chi connectivity index (χ4v) is 4.71. The third-order valence-corrected chi connectivity index (χ3v) is 6.57. The fraction of sp³-hybridized carbons (Fsp3) is 0.435. The number of fused-ring (bicyclic) bond motifs is 1. The van der Waals surface area contributed by atoms with Gasteiger partial charge in [-0.3, -0.25) is 9.36 Å². The van der Waals surface area contributed by atoms with Crippen molar-refractivity contribution in [1.29, 1.82) is 5.26 Å². The van der Waals surface area contributed by atoms with Crippen molar-refractivity contribution in [3.8, 4) is 6.07 Å². The summed E-state index contributed by atoms with van der Waals surface area (Å²) in [5, 5.41) is 15.0. The predicted octanol–water partition coefficient (Wildman–Crippen LogP) is 3.14. The minimum atomic E-state index is -0.910. The van der Waals surface area contributed by atoms with E-state index in [4.69, 9.17) is 15.7 Å². The standard InChI is InChI=1S/C23H24F2N8O2/c24-16-7-12(9-26)8-17(25)19(16)31-23-30-18-10-28-22(29-14-5-6-35-11-14)32-21(18)33(23)15-3-1-13(2-4-15)20(27)34/h7-8,10,13-15H,1-6,11H2,(H2,27,34)(H,30,31)(H,28,29,32)/t13-,14-,15+/m1/s1. The van der Waals surface area contributed by atoms with E-state index in [1.54, 1.807) is 12.3 Å². The number of halogens is 2. The lowest BCUT2D eigenvalue weighted by molar-refractivity contribution is -0.122. The molecule has 2 aliphatic rings. The number of nitrogens with one attached hydrogen (secondary N) is 2. The Hall–Kier alpha value is -3.85. The highest BCUT2D eigenvalue weighted by molar-refractivity contribution is 5.78. The summed E-state index contributed by atoms with van der Waals surface area (Å²) in [6.07, 6.45) is 4.82. The summed E-state index contributed by atoms with van der Waals surface area (Å²) in [6, 6.07) is 3.62. The molecule has 1 amide bonds. The van der Waals surface area contributed by atoms with Crippen molar-refractivity contribution in [3.63, 3.8) is 0 Å². The van der Waals surface area contributed by atoms with Gasteiger partial charge in [0, 0.05) is 18.6 Å². The fourth-order valence-electron chi connectivity index (χ4n) is 4.71. The van der Waals surface area contributed by atoms with Crippen molar-refractivity contribution in [1.82, 2.24) is 19.5 Å². The van der Waals surface area contributed by atoms with Gasteiger partial charge >= 0.3 is 0 Å². The van der Waals surface area contributed by atoms with Gasteiger partial charge in [-0.2, -0.15) is 10.2 Å². The summed E-state index contributed by atoms with van der Waals surface area (Å²) in [5.74, 6) is -1.76. The zero-order valence-corrected chi connectivity index (χ0v) is 18.8. The number of nitrogens with two attached hydrogens (primary N) is 1. The second-order valence-electron chi connectivity index (χ2n) is 8.87. The summed E-state index contributed by atoms with van der Waals surface area (Å²) >= 11 is 0. The number of amides is 1. The van der Waals surface area contributed by atoms with E-state index in [0.29, 0.717) is 56.0 Å². The monoisotopic (exact) mass is 482 g/mol. The van der Waals surface area contributed by atoms with Gasteiger partial charge in [0.05, 0.1) is 30.5 Å². The van der Waals surface area contributed by atoms with Crippen molar-refractivity contribution in [3.05, 3.63) is 35.5 Å². The number of nitrogens with zero attached hydrogens (tertiary/aromatic N) is 5. The Labute approximate surface area is 199 Å². The van der Waals surface area contributed by atoms with Gasteiger partial charge in [-0.15, -0.1) is 0 Å². The number of anilines is 3. The molecule has 10 nitrogen and oxygen atoms in total. The zero-order valence-electron chi connectivity index (χ0n) is 18.8. The number of hydrogen-bond acceptors (Lipinski definition) is 8. The second-order valence-corrected chi connectivity index (χ2v) is 8.87. The second kappa shape index (κ2) is 9.42. The van der Waals surface area contributed by atoms with E-state index in [1.807, 2.05) is 4.57 Å². The molecular weight excluding hydrogens is 458 g/mol. The summed E-state index contributed by atoms with van der Waals surface area (Å²) in [7, 11) is 0. The van der Waals surface area contributed by atoms with E-state index in [1.165, 1.54) is 0 Å². The number of primary amides is 1. The first kappa shape index (κ1) is 22.9. The molecule has 3 heterocycles. The van der Waals surface area contributed by atoms with Crippen LogP contribution in [0.1, 0.15) is 43.7 Å². The van der Waals surface area contributed by atoms with Gasteiger partial charge in [0.25, 0.3) is 0 Å². The average molecular weight is 482 g/mol. The number of aromatic nitrogens is 4. The van der Waals surface area contributed by atoms with E-state index in [-0.39, 0.29) is 35.4 Å². The lowest BCUT2D eigenvalue weighted by Crippen LogP contribution is -2.29. The summed E-state index contributed by atoms with van der Waals surface area (Å²) < 4.78 is 36.5. The maximum Gasteiger partial charge on any atom is 0.225 e. The summed E-state index contributed by atoms with van der Waals surface area (Å²) in [6.45, 7) is 1.22. The zero-order chi connectivity index (χ0) is 24.5. The molecule has 1 aliphatic heterocycles. The molecule has 1 aromatic carbocycles. The van der Waals surface area contributed by atoms with Crippen molar-refractivity contribution < 1.29 is 18.3 Å². The third kappa shape index (κ3) is 4.59. The molecule has 35 heavy (non-hydrogen) atoms. The summed E-state index contributed by atoms with van der Waals surface area (Å²) in [5.41, 5.74) is 5.90. The number of benzene rings is 1. The molecule has 1 atom stereocenters. The van der Waals surface area contributed by atoms with Crippen molar-refractivity contribution in [2.24, 2.45) is 11.7 Å². The number of ether oxygens (including phenoxy) is 1. The first-order chi connectivity index (χ1) is 16.9. The lowest BCUT2D eigenvalue weighted by Gasteiger charge is -2.29. The van der Waals surface area contributed by atoms with Crippen molar-refractivity contribution >= 4 is 34.7 Å². The Kier molecular flexibility index (Phi) is 6.17. The van der Waals surface area contributed by atoms with Gasteiger partial charge in [0.15, 0.2) is 17.3 Å². The molecule has 0 radical (unpaired) electrons. The molecule has 12 heteroatoms. The van der Waals surface area contributed by atoms with Crippen LogP contribution in [-0.4, -0.2) is 44.7 Å². The number of carbonyl (C=O) groups excluding carboxylic acids is 1. The molecule has 2 aromatic heterocycles. The molecule has 0 bridgehead atoms. The number of carbonyl (C=O) groups is 1. The van der Waals surface area contributed by atoms with E-state index < -0.39 is 17.3 Å².